The van der Waals surface area contributed by atoms with Crippen LogP contribution in [0.3, 0.4) is 0 Å². The summed E-state index contributed by atoms with van der Waals surface area (Å²) < 4.78 is 11.6. The Morgan fingerprint density at radius 1 is 0.909 bits per heavy atom. The van der Waals surface area contributed by atoms with Crippen LogP contribution in [0.2, 0.25) is 13.3 Å². The molecule has 0 aliphatic rings. The monoisotopic (exact) mass is 560 g/mol. The van der Waals surface area contributed by atoms with Crippen LogP contribution in [0, 0.1) is 0 Å². The van der Waals surface area contributed by atoms with Gasteiger partial charge in [0.15, 0.2) is 0 Å². The minimum absolute atomic E-state index is 0.0206. The van der Waals surface area contributed by atoms with Gasteiger partial charge in [0.1, 0.15) is 0 Å². The van der Waals surface area contributed by atoms with Crippen molar-refractivity contribution in [2.24, 2.45) is 0 Å². The maximum atomic E-state index is 9.40. The topological polar surface area (TPSA) is 54.4 Å². The summed E-state index contributed by atoms with van der Waals surface area (Å²) in [6.45, 7) is 7.24. The second-order valence-corrected chi connectivity index (χ2v) is 22.1. The third-order valence-electron chi connectivity index (χ3n) is 6.47. The maximum absolute atomic E-state index is 9.40. The first kappa shape index (κ1) is 27.7. The Morgan fingerprint density at radius 3 is 2.00 bits per heavy atom. The van der Waals surface area contributed by atoms with E-state index in [4.69, 9.17) is 9.72 Å². The predicted molar refractivity (Wildman–Crippen MR) is 146 cm³/mol. The third-order valence-corrected chi connectivity index (χ3v) is 22.0. The summed E-state index contributed by atoms with van der Waals surface area (Å²) in [5.41, 5.74) is 3.43. The summed E-state index contributed by atoms with van der Waals surface area (Å²) in [7, 11) is 1.94. The summed E-state index contributed by atoms with van der Waals surface area (Å²) >= 11 is -2.74. The fraction of sp³-hybridized carbons (Fsp3) is 0.536. The average molecular weight is 559 g/mol. The second-order valence-electron chi connectivity index (χ2n) is 8.99. The van der Waals surface area contributed by atoms with Crippen LogP contribution in [0.15, 0.2) is 36.5 Å². The molecule has 0 aliphatic carbocycles. The molecule has 0 saturated heterocycles. The van der Waals surface area contributed by atoms with E-state index in [2.05, 4.69) is 68.6 Å². The second kappa shape index (κ2) is 15.4. The van der Waals surface area contributed by atoms with Crippen LogP contribution in [0.4, 0.5) is 5.69 Å². The Bertz CT molecular complexity index is 815. The van der Waals surface area contributed by atoms with E-state index in [1.54, 1.807) is 0 Å². The Hall–Kier alpha value is -1.53. The standard InChI is InChI=1S/C16H17N2O2.3C4H9.Sn/c1-17-15-7-4-13(5-8-15)2-3-14-6-9-16(18-12-14)20-11-10-19;3*1-3-4-2;/h2-8,12,17,19H,10-11H2,1H3;3*1,3-4H2,2H3;. The third kappa shape index (κ3) is 8.64. The molecular weight excluding hydrogens is 515 g/mol. The molecule has 5 heteroatoms. The van der Waals surface area contributed by atoms with Gasteiger partial charge >= 0.3 is 206 Å². The van der Waals surface area contributed by atoms with Crippen LogP contribution < -0.4 is 13.6 Å². The summed E-state index contributed by atoms with van der Waals surface area (Å²) in [5, 5.41) is 12.6. The van der Waals surface area contributed by atoms with Crippen molar-refractivity contribution in [3.63, 3.8) is 0 Å². The molecule has 2 aromatic rings. The van der Waals surface area contributed by atoms with E-state index in [0.717, 1.165) is 17.1 Å². The number of hydrogen-bond acceptors (Lipinski definition) is 4. The van der Waals surface area contributed by atoms with Gasteiger partial charge in [-0.3, -0.25) is 0 Å². The fourth-order valence-corrected chi connectivity index (χ4v) is 20.8. The van der Waals surface area contributed by atoms with Gasteiger partial charge in [-0.25, -0.2) is 0 Å². The number of unbranched alkanes of at least 4 members (excludes halogenated alkanes) is 3. The molecule has 33 heavy (non-hydrogen) atoms. The van der Waals surface area contributed by atoms with Gasteiger partial charge < -0.3 is 0 Å². The normalized spacial score (nSPS) is 11.8. The summed E-state index contributed by atoms with van der Waals surface area (Å²) in [5.74, 6) is 0.790. The predicted octanol–water partition coefficient (Wildman–Crippen LogP) is 6.72. The summed E-state index contributed by atoms with van der Waals surface area (Å²) in [6.07, 6.45) is 13.8. The van der Waals surface area contributed by atoms with Crippen molar-refractivity contribution in [3.8, 4) is 5.88 Å². The van der Waals surface area contributed by atoms with Crippen LogP contribution in [0.1, 0.15) is 70.4 Å². The Balaban J connectivity index is 2.48. The molecule has 0 amide bonds. The van der Waals surface area contributed by atoms with Crippen molar-refractivity contribution in [3.05, 3.63) is 47.7 Å². The fourth-order valence-electron chi connectivity index (χ4n) is 4.47. The Labute approximate surface area is 205 Å². The van der Waals surface area contributed by atoms with E-state index < -0.39 is 18.4 Å². The molecule has 182 valence electrons. The molecular formula is C28H44N2O2Sn. The first-order valence-corrected chi connectivity index (χ1v) is 20.3. The molecule has 1 aromatic carbocycles. The number of nitrogens with one attached hydrogen (secondary N) is 1. The van der Waals surface area contributed by atoms with Crippen LogP contribution in [-0.2, 0) is 0 Å². The van der Waals surface area contributed by atoms with Gasteiger partial charge in [-0.2, -0.15) is 0 Å². The summed E-state index contributed by atoms with van der Waals surface area (Å²) in [6, 6.07) is 10.8. The van der Waals surface area contributed by atoms with Crippen molar-refractivity contribution >= 4 is 39.8 Å². The van der Waals surface area contributed by atoms with Crippen molar-refractivity contribution in [2.45, 2.75) is 72.6 Å². The SMILES string of the molecule is CCC[CH2][Sn]([CH2]CCC)([CH2]CCC)[c]1cc(C=Cc2ccc(NC)cc2)cnc1OCCO. The number of aromatic nitrogens is 1. The zero-order chi connectivity index (χ0) is 23.9. The van der Waals surface area contributed by atoms with Gasteiger partial charge in [0, 0.05) is 0 Å². The molecule has 0 fully saturated rings. The zero-order valence-electron chi connectivity index (χ0n) is 21.2. The van der Waals surface area contributed by atoms with Crippen LogP contribution in [0.5, 0.6) is 5.88 Å². The molecule has 0 bridgehead atoms. The zero-order valence-corrected chi connectivity index (χ0v) is 24.1. The molecule has 0 saturated carbocycles. The van der Waals surface area contributed by atoms with Crippen LogP contribution >= 0.6 is 0 Å². The quantitative estimate of drug-likeness (QED) is 0.224. The van der Waals surface area contributed by atoms with Crippen molar-refractivity contribution in [1.29, 1.82) is 0 Å². The van der Waals surface area contributed by atoms with Crippen LogP contribution in [-0.4, -0.2) is 48.7 Å². The number of nitrogens with zero attached hydrogens (tertiary/aromatic N) is 1. The Kier molecular flexibility index (Phi) is 12.9. The average Bonchev–Trinajstić information content (AvgIpc) is 2.86. The molecule has 0 atom stereocenters. The van der Waals surface area contributed by atoms with Gasteiger partial charge in [0.05, 0.1) is 0 Å². The molecule has 2 N–H and O–H groups in total. The number of aliphatic hydroxyl groups excluding tert-OH is 1. The van der Waals surface area contributed by atoms with E-state index in [-0.39, 0.29) is 6.61 Å². The molecule has 0 radical (unpaired) electrons. The van der Waals surface area contributed by atoms with Gasteiger partial charge in [0.2, 0.25) is 0 Å². The molecule has 1 aromatic heterocycles. The van der Waals surface area contributed by atoms with Crippen molar-refractivity contribution in [1.82, 2.24) is 4.98 Å². The number of benzene rings is 1. The van der Waals surface area contributed by atoms with E-state index in [0.29, 0.717) is 6.61 Å². The number of aliphatic hydroxyl groups is 1. The number of pyridine rings is 1. The number of anilines is 1. The van der Waals surface area contributed by atoms with Crippen LogP contribution in [0.25, 0.3) is 12.2 Å². The minimum atomic E-state index is -2.74. The summed E-state index contributed by atoms with van der Waals surface area (Å²) in [4.78, 5) is 4.80. The first-order chi connectivity index (χ1) is 16.1. The van der Waals surface area contributed by atoms with Gasteiger partial charge in [-0.15, -0.1) is 0 Å². The molecule has 0 aliphatic heterocycles. The molecule has 0 unspecified atom stereocenters. The van der Waals surface area contributed by atoms with E-state index >= 15 is 0 Å². The number of rotatable bonds is 16. The van der Waals surface area contributed by atoms with Crippen molar-refractivity contribution in [2.75, 3.05) is 25.6 Å². The number of ether oxygens (including phenoxy) is 1. The van der Waals surface area contributed by atoms with E-state index in [1.807, 2.05) is 13.2 Å². The van der Waals surface area contributed by atoms with Crippen molar-refractivity contribution < 1.29 is 9.84 Å². The molecule has 4 nitrogen and oxygen atoms in total. The van der Waals surface area contributed by atoms with Gasteiger partial charge in [0.25, 0.3) is 0 Å². The van der Waals surface area contributed by atoms with Gasteiger partial charge in [-0.1, -0.05) is 0 Å². The number of hydrogen-bond donors (Lipinski definition) is 2. The molecule has 2 rings (SSSR count). The van der Waals surface area contributed by atoms with E-state index in [1.165, 1.54) is 61.0 Å². The first-order valence-electron chi connectivity index (χ1n) is 12.8. The van der Waals surface area contributed by atoms with E-state index in [9.17, 15) is 5.11 Å². The molecule has 1 heterocycles. The Morgan fingerprint density at radius 2 is 1.48 bits per heavy atom. The van der Waals surface area contributed by atoms with Gasteiger partial charge in [-0.05, 0) is 0 Å². The molecule has 0 spiro atoms.